The first-order chi connectivity index (χ1) is 10.1. The Morgan fingerprint density at radius 3 is 2.95 bits per heavy atom. The molecule has 1 fully saturated rings. The van der Waals surface area contributed by atoms with Crippen LogP contribution in [0, 0.1) is 0 Å². The molecule has 6 heteroatoms. The molecule has 0 aromatic heterocycles. The van der Waals surface area contributed by atoms with Crippen LogP contribution in [-0.4, -0.2) is 35.7 Å². The highest BCUT2D eigenvalue weighted by atomic mass is 16.5. The summed E-state index contributed by atoms with van der Waals surface area (Å²) in [5, 5.41) is 15.4. The summed E-state index contributed by atoms with van der Waals surface area (Å²) in [7, 11) is 0. The van der Waals surface area contributed by atoms with Crippen LogP contribution in [-0.2, 0) is 4.79 Å². The van der Waals surface area contributed by atoms with Crippen LogP contribution in [0.2, 0.25) is 0 Å². The number of carbonyl (C=O) groups excluding carboxylic acids is 2. The lowest BCUT2D eigenvalue weighted by molar-refractivity contribution is -0.118. The molecule has 1 heterocycles. The Labute approximate surface area is 122 Å². The molecular weight excluding hydrogens is 272 g/mol. The highest BCUT2D eigenvalue weighted by Crippen LogP contribution is 2.28. The van der Waals surface area contributed by atoms with E-state index < -0.39 is 6.10 Å². The summed E-state index contributed by atoms with van der Waals surface area (Å²) < 4.78 is 5.25. The molecule has 2 aliphatic rings. The molecule has 1 aromatic rings. The number of nitrogens with one attached hydrogen (secondary N) is 2. The van der Waals surface area contributed by atoms with Crippen LogP contribution >= 0.6 is 0 Å². The molecule has 3 N–H and O–H groups in total. The number of aliphatic hydroxyl groups excluding tert-OH is 1. The molecule has 112 valence electrons. The Morgan fingerprint density at radius 2 is 2.14 bits per heavy atom. The zero-order chi connectivity index (χ0) is 14.8. The zero-order valence-electron chi connectivity index (χ0n) is 11.6. The summed E-state index contributed by atoms with van der Waals surface area (Å²) in [4.78, 5) is 23.5. The number of aliphatic hydroxyl groups is 1. The third kappa shape index (κ3) is 3.00. The summed E-state index contributed by atoms with van der Waals surface area (Å²) >= 11 is 0. The number of anilines is 1. The van der Waals surface area contributed by atoms with Gasteiger partial charge in [-0.2, -0.15) is 0 Å². The Morgan fingerprint density at radius 1 is 1.33 bits per heavy atom. The molecule has 2 amide bonds. The number of fused-ring (bicyclic) bond motifs is 1. The van der Waals surface area contributed by atoms with E-state index in [4.69, 9.17) is 4.74 Å². The normalized spacial score (nSPS) is 24.5. The van der Waals surface area contributed by atoms with Crippen LogP contribution in [0.25, 0.3) is 0 Å². The summed E-state index contributed by atoms with van der Waals surface area (Å²) in [6.45, 7) is -0.00713. The minimum absolute atomic E-state index is 0.00713. The van der Waals surface area contributed by atoms with Crippen LogP contribution in [0.3, 0.4) is 0 Å². The van der Waals surface area contributed by atoms with Gasteiger partial charge in [0.15, 0.2) is 6.61 Å². The molecular formula is C15H18N2O4. The van der Waals surface area contributed by atoms with Gasteiger partial charge in [-0.25, -0.2) is 0 Å². The Bertz CT molecular complexity index is 573. The minimum atomic E-state index is -0.483. The van der Waals surface area contributed by atoms with Gasteiger partial charge >= 0.3 is 0 Å². The summed E-state index contributed by atoms with van der Waals surface area (Å²) in [6.07, 6.45) is 3.03. The number of benzene rings is 1. The molecule has 0 radical (unpaired) electrons. The van der Waals surface area contributed by atoms with E-state index >= 15 is 0 Å². The van der Waals surface area contributed by atoms with Crippen LogP contribution in [0.5, 0.6) is 5.75 Å². The Kier molecular flexibility index (Phi) is 3.79. The fourth-order valence-electron chi connectivity index (χ4n) is 2.76. The van der Waals surface area contributed by atoms with Gasteiger partial charge in [0, 0.05) is 5.56 Å². The maximum Gasteiger partial charge on any atom is 0.262 e. The van der Waals surface area contributed by atoms with E-state index in [2.05, 4.69) is 10.6 Å². The number of rotatable bonds is 2. The van der Waals surface area contributed by atoms with Crippen LogP contribution in [0.1, 0.15) is 36.0 Å². The van der Waals surface area contributed by atoms with Crippen molar-refractivity contribution < 1.29 is 19.4 Å². The molecule has 0 spiro atoms. The minimum Gasteiger partial charge on any atom is -0.482 e. The predicted octanol–water partition coefficient (Wildman–Crippen LogP) is 1.05. The summed E-state index contributed by atoms with van der Waals surface area (Å²) in [5.41, 5.74) is 0.945. The predicted molar refractivity (Wildman–Crippen MR) is 76.3 cm³/mol. The second-order valence-corrected chi connectivity index (χ2v) is 5.48. The SMILES string of the molecule is O=C1COc2ccc(C(=O)N[C@@H]3CCCC[C@H]3O)cc2N1. The van der Waals surface area contributed by atoms with Crippen molar-refractivity contribution in [2.75, 3.05) is 11.9 Å². The molecule has 1 aliphatic carbocycles. The monoisotopic (exact) mass is 290 g/mol. The fraction of sp³-hybridized carbons (Fsp3) is 0.467. The smallest absolute Gasteiger partial charge is 0.262 e. The molecule has 6 nitrogen and oxygen atoms in total. The largest absolute Gasteiger partial charge is 0.482 e. The number of hydrogen-bond donors (Lipinski definition) is 3. The van der Waals surface area contributed by atoms with Crippen LogP contribution in [0.4, 0.5) is 5.69 Å². The average Bonchev–Trinajstić information content (AvgIpc) is 2.48. The van der Waals surface area contributed by atoms with E-state index in [-0.39, 0.29) is 24.5 Å². The van der Waals surface area contributed by atoms with Gasteiger partial charge in [-0.15, -0.1) is 0 Å². The highest BCUT2D eigenvalue weighted by molar-refractivity contribution is 5.99. The molecule has 3 rings (SSSR count). The second-order valence-electron chi connectivity index (χ2n) is 5.48. The van der Waals surface area contributed by atoms with E-state index in [0.717, 1.165) is 25.7 Å². The summed E-state index contributed by atoms with van der Waals surface area (Å²) in [5.74, 6) is 0.0789. The number of carbonyl (C=O) groups is 2. The average molecular weight is 290 g/mol. The molecule has 0 bridgehead atoms. The van der Waals surface area contributed by atoms with Crippen LogP contribution < -0.4 is 15.4 Å². The van der Waals surface area contributed by atoms with Crippen molar-refractivity contribution in [1.82, 2.24) is 5.32 Å². The fourth-order valence-corrected chi connectivity index (χ4v) is 2.76. The summed E-state index contributed by atoms with van der Waals surface area (Å²) in [6, 6.07) is 4.71. The maximum atomic E-state index is 12.3. The molecule has 0 saturated heterocycles. The molecule has 1 saturated carbocycles. The maximum absolute atomic E-state index is 12.3. The van der Waals surface area contributed by atoms with E-state index in [1.165, 1.54) is 0 Å². The highest BCUT2D eigenvalue weighted by Gasteiger charge is 2.25. The number of ether oxygens (including phenoxy) is 1. The standard InChI is InChI=1S/C15H18N2O4/c18-12-4-2-1-3-10(12)17-15(20)9-5-6-13-11(7-9)16-14(19)8-21-13/h5-7,10,12,18H,1-4,8H2,(H,16,19)(H,17,20)/t10-,12-/m1/s1. The number of amides is 2. The van der Waals surface area contributed by atoms with Gasteiger partial charge < -0.3 is 20.5 Å². The topological polar surface area (TPSA) is 87.7 Å². The Hall–Kier alpha value is -2.08. The lowest BCUT2D eigenvalue weighted by Crippen LogP contribution is -2.45. The first kappa shape index (κ1) is 13.9. The van der Waals surface area contributed by atoms with Crippen molar-refractivity contribution in [3.05, 3.63) is 23.8 Å². The first-order valence-electron chi connectivity index (χ1n) is 7.19. The van der Waals surface area contributed by atoms with Gasteiger partial charge in [-0.05, 0) is 31.0 Å². The lowest BCUT2D eigenvalue weighted by Gasteiger charge is -2.28. The van der Waals surface area contributed by atoms with E-state index in [9.17, 15) is 14.7 Å². The molecule has 1 aliphatic heterocycles. The molecule has 2 atom stereocenters. The van der Waals surface area contributed by atoms with E-state index in [0.29, 0.717) is 17.0 Å². The van der Waals surface area contributed by atoms with Crippen molar-refractivity contribution in [2.45, 2.75) is 37.8 Å². The third-order valence-corrected chi connectivity index (χ3v) is 3.92. The van der Waals surface area contributed by atoms with Gasteiger partial charge in [-0.3, -0.25) is 9.59 Å². The van der Waals surface area contributed by atoms with Crippen molar-refractivity contribution in [3.8, 4) is 5.75 Å². The number of hydrogen-bond acceptors (Lipinski definition) is 4. The second kappa shape index (κ2) is 5.73. The van der Waals surface area contributed by atoms with Crippen molar-refractivity contribution in [3.63, 3.8) is 0 Å². The van der Waals surface area contributed by atoms with Gasteiger partial charge in [0.2, 0.25) is 0 Å². The molecule has 1 aromatic carbocycles. The van der Waals surface area contributed by atoms with Crippen molar-refractivity contribution in [2.24, 2.45) is 0 Å². The van der Waals surface area contributed by atoms with E-state index in [1.54, 1.807) is 18.2 Å². The first-order valence-corrected chi connectivity index (χ1v) is 7.19. The van der Waals surface area contributed by atoms with Crippen molar-refractivity contribution >= 4 is 17.5 Å². The quantitative estimate of drug-likeness (QED) is 0.759. The van der Waals surface area contributed by atoms with E-state index in [1.807, 2.05) is 0 Å². The van der Waals surface area contributed by atoms with Gasteiger partial charge in [0.25, 0.3) is 11.8 Å². The Balaban J connectivity index is 1.72. The van der Waals surface area contributed by atoms with Crippen molar-refractivity contribution in [1.29, 1.82) is 0 Å². The van der Waals surface area contributed by atoms with Gasteiger partial charge in [0.05, 0.1) is 17.8 Å². The van der Waals surface area contributed by atoms with Gasteiger partial charge in [0.1, 0.15) is 5.75 Å². The molecule has 0 unspecified atom stereocenters. The molecule has 21 heavy (non-hydrogen) atoms. The van der Waals surface area contributed by atoms with Gasteiger partial charge in [-0.1, -0.05) is 12.8 Å². The lowest BCUT2D eigenvalue weighted by atomic mass is 9.92. The zero-order valence-corrected chi connectivity index (χ0v) is 11.6. The van der Waals surface area contributed by atoms with Crippen LogP contribution in [0.15, 0.2) is 18.2 Å². The third-order valence-electron chi connectivity index (χ3n) is 3.92.